The van der Waals surface area contributed by atoms with Gasteiger partial charge in [-0.3, -0.25) is 9.59 Å². The fraction of sp³-hybridized carbons (Fsp3) is 0.500. The average Bonchev–Trinajstić information content (AvgIpc) is 3.37. The highest BCUT2D eigenvalue weighted by molar-refractivity contribution is 5.86. The zero-order chi connectivity index (χ0) is 15.0. The summed E-state index contributed by atoms with van der Waals surface area (Å²) in [6.07, 6.45) is 2.65. The molecular formula is C16H19NO4. The SMILES string of the molecule is COc1cccc(C2CC2C(=O)N(CC(=O)O)C2CC2)c1. The molecule has 2 unspecified atom stereocenters. The molecule has 0 radical (unpaired) electrons. The Balaban J connectivity index is 1.68. The molecule has 2 fully saturated rings. The summed E-state index contributed by atoms with van der Waals surface area (Å²) in [6.45, 7) is -0.176. The van der Waals surface area contributed by atoms with E-state index >= 15 is 0 Å². The van der Waals surface area contributed by atoms with E-state index in [0.29, 0.717) is 0 Å². The van der Waals surface area contributed by atoms with E-state index in [1.165, 1.54) is 0 Å². The van der Waals surface area contributed by atoms with E-state index in [4.69, 9.17) is 9.84 Å². The third kappa shape index (κ3) is 3.01. The van der Waals surface area contributed by atoms with Crippen molar-refractivity contribution in [3.63, 3.8) is 0 Å². The van der Waals surface area contributed by atoms with Gasteiger partial charge in [0.15, 0.2) is 0 Å². The summed E-state index contributed by atoms with van der Waals surface area (Å²) in [7, 11) is 1.62. The molecule has 2 saturated carbocycles. The maximum atomic E-state index is 12.5. The second-order valence-corrected chi connectivity index (χ2v) is 5.82. The predicted octanol–water partition coefficient (Wildman–Crippen LogP) is 1.87. The van der Waals surface area contributed by atoms with Crippen molar-refractivity contribution in [2.75, 3.05) is 13.7 Å². The first-order chi connectivity index (χ1) is 10.1. The topological polar surface area (TPSA) is 66.8 Å². The van der Waals surface area contributed by atoms with Gasteiger partial charge >= 0.3 is 5.97 Å². The lowest BCUT2D eigenvalue weighted by Crippen LogP contribution is -2.38. The van der Waals surface area contributed by atoms with Gasteiger partial charge < -0.3 is 14.7 Å². The number of carboxylic acid groups (broad SMARTS) is 1. The number of hydrogen-bond donors (Lipinski definition) is 1. The molecule has 0 saturated heterocycles. The zero-order valence-corrected chi connectivity index (χ0v) is 12.0. The Hall–Kier alpha value is -2.04. The van der Waals surface area contributed by atoms with Crippen LogP contribution in [-0.4, -0.2) is 41.6 Å². The molecule has 3 rings (SSSR count). The van der Waals surface area contributed by atoms with Crippen LogP contribution in [0.2, 0.25) is 0 Å². The van der Waals surface area contributed by atoms with Crippen molar-refractivity contribution >= 4 is 11.9 Å². The van der Waals surface area contributed by atoms with Crippen molar-refractivity contribution in [2.24, 2.45) is 5.92 Å². The number of benzene rings is 1. The van der Waals surface area contributed by atoms with Crippen LogP contribution in [0, 0.1) is 5.92 Å². The minimum absolute atomic E-state index is 0.00674. The molecule has 2 aliphatic rings. The fourth-order valence-electron chi connectivity index (χ4n) is 2.84. The smallest absolute Gasteiger partial charge is 0.323 e. The molecule has 2 aliphatic carbocycles. The number of carbonyl (C=O) groups is 2. The van der Waals surface area contributed by atoms with Crippen LogP contribution in [0.3, 0.4) is 0 Å². The Bertz CT molecular complexity index is 567. The summed E-state index contributed by atoms with van der Waals surface area (Å²) < 4.78 is 5.20. The molecule has 5 nitrogen and oxygen atoms in total. The minimum Gasteiger partial charge on any atom is -0.497 e. The van der Waals surface area contributed by atoms with Crippen LogP contribution in [-0.2, 0) is 9.59 Å². The molecule has 5 heteroatoms. The third-order valence-corrected chi connectivity index (χ3v) is 4.21. The number of nitrogens with zero attached hydrogens (tertiary/aromatic N) is 1. The number of hydrogen-bond acceptors (Lipinski definition) is 3. The van der Waals surface area contributed by atoms with E-state index in [1.807, 2.05) is 24.3 Å². The first kappa shape index (κ1) is 13.9. The first-order valence-electron chi connectivity index (χ1n) is 7.26. The van der Waals surface area contributed by atoms with E-state index in [0.717, 1.165) is 30.6 Å². The Morgan fingerprint density at radius 1 is 1.38 bits per heavy atom. The number of rotatable bonds is 6. The van der Waals surface area contributed by atoms with Crippen molar-refractivity contribution in [1.29, 1.82) is 0 Å². The van der Waals surface area contributed by atoms with Crippen molar-refractivity contribution < 1.29 is 19.4 Å². The van der Waals surface area contributed by atoms with Crippen LogP contribution in [0.15, 0.2) is 24.3 Å². The number of carboxylic acids is 1. The fourth-order valence-corrected chi connectivity index (χ4v) is 2.84. The second-order valence-electron chi connectivity index (χ2n) is 5.82. The maximum absolute atomic E-state index is 12.5. The van der Waals surface area contributed by atoms with E-state index in [2.05, 4.69) is 0 Å². The summed E-state index contributed by atoms with van der Waals surface area (Å²) in [5.41, 5.74) is 1.10. The van der Waals surface area contributed by atoms with Gasteiger partial charge in [-0.05, 0) is 42.9 Å². The summed E-state index contributed by atoms with van der Waals surface area (Å²) in [5, 5.41) is 8.95. The van der Waals surface area contributed by atoms with Crippen LogP contribution in [0.5, 0.6) is 5.75 Å². The Morgan fingerprint density at radius 3 is 2.76 bits per heavy atom. The monoisotopic (exact) mass is 289 g/mol. The van der Waals surface area contributed by atoms with Gasteiger partial charge in [0, 0.05) is 12.0 Å². The molecule has 0 heterocycles. The molecule has 0 spiro atoms. The largest absolute Gasteiger partial charge is 0.497 e. The Kier molecular flexibility index (Phi) is 3.57. The molecule has 0 aliphatic heterocycles. The van der Waals surface area contributed by atoms with Gasteiger partial charge in [0.05, 0.1) is 7.11 Å². The van der Waals surface area contributed by atoms with E-state index in [-0.39, 0.29) is 30.3 Å². The second kappa shape index (κ2) is 5.39. The summed E-state index contributed by atoms with van der Waals surface area (Å²) in [4.78, 5) is 25.0. The van der Waals surface area contributed by atoms with Gasteiger partial charge in [-0.2, -0.15) is 0 Å². The number of ether oxygens (including phenoxy) is 1. The molecule has 1 aromatic carbocycles. The minimum atomic E-state index is -0.936. The van der Waals surface area contributed by atoms with E-state index < -0.39 is 5.97 Å². The Labute approximate surface area is 123 Å². The molecule has 0 aromatic heterocycles. The molecule has 1 amide bonds. The lowest BCUT2D eigenvalue weighted by atomic mass is 10.1. The van der Waals surface area contributed by atoms with Gasteiger partial charge in [0.1, 0.15) is 12.3 Å². The lowest BCUT2D eigenvalue weighted by Gasteiger charge is -2.20. The van der Waals surface area contributed by atoms with Gasteiger partial charge in [-0.25, -0.2) is 0 Å². The van der Waals surface area contributed by atoms with Crippen LogP contribution < -0.4 is 4.74 Å². The van der Waals surface area contributed by atoms with Crippen molar-refractivity contribution in [3.8, 4) is 5.75 Å². The Morgan fingerprint density at radius 2 is 2.14 bits per heavy atom. The quantitative estimate of drug-likeness (QED) is 0.868. The average molecular weight is 289 g/mol. The molecule has 0 bridgehead atoms. The number of methoxy groups -OCH3 is 1. The third-order valence-electron chi connectivity index (χ3n) is 4.21. The molecule has 21 heavy (non-hydrogen) atoms. The predicted molar refractivity (Wildman–Crippen MR) is 76.2 cm³/mol. The molecule has 112 valence electrons. The normalized spacial score (nSPS) is 23.5. The highest BCUT2D eigenvalue weighted by Gasteiger charge is 2.48. The molecule has 2 atom stereocenters. The summed E-state index contributed by atoms with van der Waals surface area (Å²) in [5.74, 6) is -0.0311. The zero-order valence-electron chi connectivity index (χ0n) is 12.0. The van der Waals surface area contributed by atoms with Gasteiger partial charge in [0.25, 0.3) is 0 Å². The maximum Gasteiger partial charge on any atom is 0.323 e. The van der Waals surface area contributed by atoms with Gasteiger partial charge in [-0.15, -0.1) is 0 Å². The lowest BCUT2D eigenvalue weighted by molar-refractivity contribution is -0.145. The van der Waals surface area contributed by atoms with Crippen LogP contribution in [0.4, 0.5) is 0 Å². The number of amides is 1. The van der Waals surface area contributed by atoms with Crippen molar-refractivity contribution in [2.45, 2.75) is 31.2 Å². The molecule has 1 aromatic rings. The van der Waals surface area contributed by atoms with Crippen molar-refractivity contribution in [1.82, 2.24) is 4.90 Å². The highest BCUT2D eigenvalue weighted by atomic mass is 16.5. The molecule has 1 N–H and O–H groups in total. The van der Waals surface area contributed by atoms with Crippen LogP contribution in [0.1, 0.15) is 30.7 Å². The molecular weight excluding hydrogens is 270 g/mol. The standard InChI is InChI=1S/C16H19NO4/c1-21-12-4-2-3-10(7-12)13-8-14(13)16(20)17(9-15(18)19)11-5-6-11/h2-4,7,11,13-14H,5-6,8-9H2,1H3,(H,18,19). The van der Waals surface area contributed by atoms with Crippen LogP contribution >= 0.6 is 0 Å². The van der Waals surface area contributed by atoms with Crippen LogP contribution in [0.25, 0.3) is 0 Å². The highest BCUT2D eigenvalue weighted by Crippen LogP contribution is 2.50. The van der Waals surface area contributed by atoms with Gasteiger partial charge in [-0.1, -0.05) is 12.1 Å². The summed E-state index contributed by atoms with van der Waals surface area (Å²) in [6, 6.07) is 7.89. The van der Waals surface area contributed by atoms with Gasteiger partial charge in [0.2, 0.25) is 5.91 Å². The summed E-state index contributed by atoms with van der Waals surface area (Å²) >= 11 is 0. The van der Waals surface area contributed by atoms with Crippen molar-refractivity contribution in [3.05, 3.63) is 29.8 Å². The number of aliphatic carboxylic acids is 1. The first-order valence-corrected chi connectivity index (χ1v) is 7.26. The number of carbonyl (C=O) groups excluding carboxylic acids is 1. The van der Waals surface area contributed by atoms with E-state index in [1.54, 1.807) is 12.0 Å². The van der Waals surface area contributed by atoms with E-state index in [9.17, 15) is 9.59 Å².